The predicted molar refractivity (Wildman–Crippen MR) is 121 cm³/mol. The van der Waals surface area contributed by atoms with E-state index < -0.39 is 18.0 Å². The number of aromatic nitrogens is 2. The molecule has 10 heteroatoms. The van der Waals surface area contributed by atoms with E-state index in [1.54, 1.807) is 30.3 Å². The van der Waals surface area contributed by atoms with Gasteiger partial charge in [-0.1, -0.05) is 12.1 Å². The van der Waals surface area contributed by atoms with Crippen molar-refractivity contribution in [1.29, 1.82) is 0 Å². The van der Waals surface area contributed by atoms with Gasteiger partial charge >= 0.3 is 6.03 Å². The normalized spacial score (nSPS) is 13.9. The summed E-state index contributed by atoms with van der Waals surface area (Å²) >= 11 is 0. The molecule has 1 aliphatic carbocycles. The first-order valence-electron chi connectivity index (χ1n) is 11.1. The first kappa shape index (κ1) is 23.4. The number of carbonyl (C=O) groups excluding carboxylic acids is 2. The van der Waals surface area contributed by atoms with E-state index in [4.69, 9.17) is 14.4 Å². The van der Waals surface area contributed by atoms with E-state index in [9.17, 15) is 14.0 Å². The van der Waals surface area contributed by atoms with E-state index in [0.29, 0.717) is 29.1 Å². The Labute approximate surface area is 195 Å². The van der Waals surface area contributed by atoms with Crippen LogP contribution in [0.1, 0.15) is 48.5 Å². The fourth-order valence-corrected chi connectivity index (χ4v) is 3.33. The lowest BCUT2D eigenvalue weighted by Gasteiger charge is -2.14. The van der Waals surface area contributed by atoms with E-state index in [-0.39, 0.29) is 36.4 Å². The topological polar surface area (TPSA) is 127 Å². The number of urea groups is 1. The van der Waals surface area contributed by atoms with Crippen molar-refractivity contribution < 1.29 is 28.3 Å². The number of ketones is 1. The second-order valence-electron chi connectivity index (χ2n) is 7.93. The van der Waals surface area contributed by atoms with Gasteiger partial charge < -0.3 is 25.0 Å². The molecule has 2 aromatic carbocycles. The molecule has 34 heavy (non-hydrogen) atoms. The molecule has 1 heterocycles. The number of benzene rings is 2. The average molecular weight is 468 g/mol. The number of rotatable bonds is 10. The molecule has 3 N–H and O–H groups in total. The number of hydrogen-bond donors (Lipinski definition) is 3. The van der Waals surface area contributed by atoms with Crippen LogP contribution >= 0.6 is 0 Å². The van der Waals surface area contributed by atoms with Crippen LogP contribution in [0.3, 0.4) is 0 Å². The molecule has 1 fully saturated rings. The van der Waals surface area contributed by atoms with Gasteiger partial charge in [0.2, 0.25) is 5.82 Å². The number of carbonyl (C=O) groups is 2. The van der Waals surface area contributed by atoms with Crippen LogP contribution in [0, 0.1) is 11.7 Å². The van der Waals surface area contributed by atoms with Crippen LogP contribution in [0.15, 0.2) is 47.0 Å². The highest BCUT2D eigenvalue weighted by molar-refractivity contribution is 5.99. The fraction of sp³-hybridized carbons (Fsp3) is 0.333. The molecule has 0 spiro atoms. The van der Waals surface area contributed by atoms with E-state index in [0.717, 1.165) is 12.8 Å². The quantitative estimate of drug-likeness (QED) is 0.382. The van der Waals surface area contributed by atoms with Crippen molar-refractivity contribution >= 4 is 17.5 Å². The van der Waals surface area contributed by atoms with Gasteiger partial charge in [-0.25, -0.2) is 9.18 Å². The Morgan fingerprint density at radius 3 is 2.65 bits per heavy atom. The Kier molecular flexibility index (Phi) is 7.17. The van der Waals surface area contributed by atoms with Crippen molar-refractivity contribution in [2.45, 2.75) is 32.3 Å². The minimum atomic E-state index is -0.680. The minimum absolute atomic E-state index is 0.0303. The Hall–Kier alpha value is -3.79. The molecule has 9 nitrogen and oxygen atoms in total. The van der Waals surface area contributed by atoms with Crippen LogP contribution in [0.5, 0.6) is 5.75 Å². The van der Waals surface area contributed by atoms with Gasteiger partial charge in [0, 0.05) is 23.6 Å². The van der Waals surface area contributed by atoms with Gasteiger partial charge in [0.05, 0.1) is 12.3 Å². The zero-order valence-corrected chi connectivity index (χ0v) is 18.6. The lowest BCUT2D eigenvalue weighted by molar-refractivity contribution is 0.0967. The number of hydrogen-bond acceptors (Lipinski definition) is 7. The Balaban J connectivity index is 1.42. The molecule has 1 unspecified atom stereocenters. The van der Waals surface area contributed by atoms with Gasteiger partial charge in [-0.2, -0.15) is 4.98 Å². The number of anilines is 1. The van der Waals surface area contributed by atoms with Crippen LogP contribution in [0.25, 0.3) is 11.5 Å². The lowest BCUT2D eigenvalue weighted by atomic mass is 10.1. The number of aliphatic hydroxyl groups excluding tert-OH is 1. The Morgan fingerprint density at radius 1 is 1.24 bits per heavy atom. The Morgan fingerprint density at radius 2 is 2.00 bits per heavy atom. The van der Waals surface area contributed by atoms with Crippen molar-refractivity contribution in [2.24, 2.45) is 5.92 Å². The van der Waals surface area contributed by atoms with Gasteiger partial charge in [0.15, 0.2) is 11.9 Å². The average Bonchev–Trinajstić information content (AvgIpc) is 3.59. The van der Waals surface area contributed by atoms with Crippen LogP contribution in [0.2, 0.25) is 0 Å². The maximum atomic E-state index is 14.5. The van der Waals surface area contributed by atoms with Crippen LogP contribution < -0.4 is 15.4 Å². The summed E-state index contributed by atoms with van der Waals surface area (Å²) in [5.41, 5.74) is 0.989. The maximum absolute atomic E-state index is 14.5. The van der Waals surface area contributed by atoms with Crippen molar-refractivity contribution in [3.63, 3.8) is 0 Å². The van der Waals surface area contributed by atoms with Crippen LogP contribution in [-0.2, 0) is 0 Å². The largest absolute Gasteiger partial charge is 0.482 e. The standard InChI is InChI=1S/C24H25FN4O5/c1-2-20(33-17-8-5-15(6-9-17)21(31)14-3-4-14)22-28-23(34-29-22)16-7-10-19(18(25)13-16)27-24(32)26-11-12-30/h5-10,13-14,20,30H,2-4,11-12H2,1H3,(H2,26,27,32). The van der Waals surface area contributed by atoms with Gasteiger partial charge in [-0.3, -0.25) is 4.79 Å². The van der Waals surface area contributed by atoms with Crippen molar-refractivity contribution in [3.05, 3.63) is 59.7 Å². The molecule has 0 radical (unpaired) electrons. The summed E-state index contributed by atoms with van der Waals surface area (Å²) in [6, 6.07) is 10.5. The van der Waals surface area contributed by atoms with E-state index in [1.807, 2.05) is 6.92 Å². The molecule has 2 amide bonds. The van der Waals surface area contributed by atoms with Gasteiger partial charge in [-0.15, -0.1) is 0 Å². The zero-order valence-electron chi connectivity index (χ0n) is 18.6. The molecular formula is C24H25FN4O5. The third-order valence-corrected chi connectivity index (χ3v) is 5.33. The highest BCUT2D eigenvalue weighted by Crippen LogP contribution is 2.33. The Bertz CT molecular complexity index is 1160. The summed E-state index contributed by atoms with van der Waals surface area (Å²) in [5.74, 6) is 0.637. The summed E-state index contributed by atoms with van der Waals surface area (Å²) < 4.78 is 25.7. The first-order valence-corrected chi connectivity index (χ1v) is 11.1. The molecule has 178 valence electrons. The predicted octanol–water partition coefficient (Wildman–Crippen LogP) is 4.11. The maximum Gasteiger partial charge on any atom is 0.319 e. The smallest absolute Gasteiger partial charge is 0.319 e. The van der Waals surface area contributed by atoms with Crippen molar-refractivity contribution in [1.82, 2.24) is 15.5 Å². The summed E-state index contributed by atoms with van der Waals surface area (Å²) in [7, 11) is 0. The second kappa shape index (κ2) is 10.4. The number of ether oxygens (including phenoxy) is 1. The molecular weight excluding hydrogens is 443 g/mol. The number of aliphatic hydroxyl groups is 1. The zero-order chi connectivity index (χ0) is 24.1. The molecule has 4 rings (SSSR count). The third kappa shape index (κ3) is 5.57. The summed E-state index contributed by atoms with van der Waals surface area (Å²) in [5, 5.41) is 17.4. The number of nitrogens with one attached hydrogen (secondary N) is 2. The number of amides is 2. The minimum Gasteiger partial charge on any atom is -0.482 e. The SMILES string of the molecule is CCC(Oc1ccc(C(=O)C2CC2)cc1)c1noc(-c2ccc(NC(=O)NCCO)c(F)c2)n1. The molecule has 3 aromatic rings. The first-order chi connectivity index (χ1) is 16.5. The summed E-state index contributed by atoms with van der Waals surface area (Å²) in [6.45, 7) is 1.75. The van der Waals surface area contributed by atoms with E-state index in [1.165, 1.54) is 12.1 Å². The second-order valence-corrected chi connectivity index (χ2v) is 7.93. The summed E-state index contributed by atoms with van der Waals surface area (Å²) in [6.07, 6.45) is 1.97. The summed E-state index contributed by atoms with van der Waals surface area (Å²) in [4.78, 5) is 28.2. The lowest BCUT2D eigenvalue weighted by Crippen LogP contribution is -2.31. The highest BCUT2D eigenvalue weighted by Gasteiger charge is 2.30. The van der Waals surface area contributed by atoms with Crippen molar-refractivity contribution in [2.75, 3.05) is 18.5 Å². The van der Waals surface area contributed by atoms with Gasteiger partial charge in [0.1, 0.15) is 11.6 Å². The van der Waals surface area contributed by atoms with Crippen LogP contribution in [-0.4, -0.2) is 40.2 Å². The molecule has 0 bridgehead atoms. The molecule has 0 saturated heterocycles. The van der Waals surface area contributed by atoms with Gasteiger partial charge in [0.25, 0.3) is 5.89 Å². The third-order valence-electron chi connectivity index (χ3n) is 5.33. The number of nitrogens with zero attached hydrogens (tertiary/aromatic N) is 2. The van der Waals surface area contributed by atoms with Gasteiger partial charge in [-0.05, 0) is 61.7 Å². The van der Waals surface area contributed by atoms with Crippen molar-refractivity contribution in [3.8, 4) is 17.2 Å². The number of halogens is 1. The van der Waals surface area contributed by atoms with E-state index in [2.05, 4.69) is 20.8 Å². The highest BCUT2D eigenvalue weighted by atomic mass is 19.1. The molecule has 1 aliphatic rings. The molecule has 0 aliphatic heterocycles. The van der Waals surface area contributed by atoms with E-state index >= 15 is 0 Å². The van der Waals surface area contributed by atoms with Crippen LogP contribution in [0.4, 0.5) is 14.9 Å². The molecule has 1 saturated carbocycles. The number of Topliss-reactive ketones (excluding diaryl/α,β-unsaturated/α-hetero) is 1. The fourth-order valence-electron chi connectivity index (χ4n) is 3.33. The molecule has 1 aromatic heterocycles. The molecule has 1 atom stereocenters. The monoisotopic (exact) mass is 468 g/mol.